The van der Waals surface area contributed by atoms with Crippen LogP contribution in [0.1, 0.15) is 18.4 Å². The highest BCUT2D eigenvalue weighted by molar-refractivity contribution is 6.35. The monoisotopic (exact) mass is 315 g/mol. The average Bonchev–Trinajstić information content (AvgIpc) is 3.07. The van der Waals surface area contributed by atoms with Crippen molar-refractivity contribution in [1.82, 2.24) is 4.90 Å². The zero-order valence-corrected chi connectivity index (χ0v) is 12.3. The molecule has 1 N–H and O–H groups in total. The molecule has 1 amide bonds. The first-order valence-corrected chi connectivity index (χ1v) is 7.31. The Balaban J connectivity index is 1.59. The van der Waals surface area contributed by atoms with Gasteiger partial charge in [0.05, 0.1) is 25.8 Å². The lowest BCUT2D eigenvalue weighted by Crippen LogP contribution is -2.54. The molecule has 1 aromatic carbocycles. The Morgan fingerprint density at radius 3 is 2.65 bits per heavy atom. The van der Waals surface area contributed by atoms with Gasteiger partial charge in [0.15, 0.2) is 0 Å². The number of carboxylic acid groups (broad SMARTS) is 1. The second kappa shape index (κ2) is 5.10. The number of rotatable bonds is 4. The van der Waals surface area contributed by atoms with Gasteiger partial charge < -0.3 is 14.7 Å². The topological polar surface area (TPSA) is 49.8 Å². The first kappa shape index (κ1) is 14.0. The summed E-state index contributed by atoms with van der Waals surface area (Å²) in [5.41, 5.74) is 1.07. The zero-order chi connectivity index (χ0) is 14.3. The molecule has 4 nitrogen and oxygen atoms in total. The van der Waals surface area contributed by atoms with Crippen molar-refractivity contribution in [3.63, 3.8) is 0 Å². The van der Waals surface area contributed by atoms with Gasteiger partial charge in [-0.15, -0.1) is 0 Å². The molecule has 1 saturated carbocycles. The molecule has 1 saturated heterocycles. The van der Waals surface area contributed by atoms with Crippen molar-refractivity contribution in [2.45, 2.75) is 24.4 Å². The molecule has 0 aromatic heterocycles. The van der Waals surface area contributed by atoms with E-state index in [0.29, 0.717) is 29.7 Å². The molecular formula is C14H15Cl2NO3. The molecule has 3 rings (SSSR count). The van der Waals surface area contributed by atoms with Crippen molar-refractivity contribution in [1.29, 1.82) is 0 Å². The minimum atomic E-state index is -0.883. The maximum atomic E-state index is 10.7. The van der Waals surface area contributed by atoms with Gasteiger partial charge in [0.2, 0.25) is 0 Å². The number of halogens is 2. The Hall–Kier alpha value is -0.970. The van der Waals surface area contributed by atoms with Crippen LogP contribution in [0.4, 0.5) is 4.79 Å². The van der Waals surface area contributed by atoms with E-state index in [2.05, 4.69) is 0 Å². The molecule has 2 aliphatic rings. The Morgan fingerprint density at radius 1 is 1.40 bits per heavy atom. The van der Waals surface area contributed by atoms with E-state index in [4.69, 9.17) is 33.0 Å². The van der Waals surface area contributed by atoms with E-state index >= 15 is 0 Å². The number of nitrogens with zero attached hydrogens (tertiary/aromatic N) is 1. The van der Waals surface area contributed by atoms with Crippen LogP contribution in [0, 0.1) is 0 Å². The van der Waals surface area contributed by atoms with Crippen molar-refractivity contribution < 1.29 is 14.6 Å². The molecule has 0 bridgehead atoms. The van der Waals surface area contributed by atoms with Crippen molar-refractivity contribution >= 4 is 29.3 Å². The molecule has 1 aliphatic heterocycles. The van der Waals surface area contributed by atoms with E-state index in [1.165, 1.54) is 4.90 Å². The lowest BCUT2D eigenvalue weighted by atomic mass is 9.97. The number of likely N-dealkylation sites (tertiary alicyclic amines) is 1. The predicted octanol–water partition coefficient (Wildman–Crippen LogP) is 3.40. The lowest BCUT2D eigenvalue weighted by molar-refractivity contribution is -0.0514. The van der Waals surface area contributed by atoms with Gasteiger partial charge in [0.25, 0.3) is 0 Å². The Kier molecular flexibility index (Phi) is 3.56. The summed E-state index contributed by atoms with van der Waals surface area (Å²) in [6.45, 7) is 1.51. The van der Waals surface area contributed by atoms with Crippen LogP contribution in [0.25, 0.3) is 0 Å². The van der Waals surface area contributed by atoms with Gasteiger partial charge in [-0.2, -0.15) is 0 Å². The first-order valence-electron chi connectivity index (χ1n) is 6.55. The van der Waals surface area contributed by atoms with E-state index in [0.717, 1.165) is 18.4 Å². The van der Waals surface area contributed by atoms with Crippen molar-refractivity contribution in [3.8, 4) is 0 Å². The van der Waals surface area contributed by atoms with Crippen LogP contribution in [0.15, 0.2) is 18.2 Å². The number of benzene rings is 1. The molecule has 0 spiro atoms. The molecule has 6 heteroatoms. The molecule has 0 radical (unpaired) electrons. The fraction of sp³-hybridized carbons (Fsp3) is 0.500. The summed E-state index contributed by atoms with van der Waals surface area (Å²) in [7, 11) is 0. The molecule has 2 fully saturated rings. The quantitative estimate of drug-likeness (QED) is 0.926. The Labute approximate surface area is 127 Å². The normalized spacial score (nSPS) is 20.6. The summed E-state index contributed by atoms with van der Waals surface area (Å²) in [5, 5.41) is 10.1. The van der Waals surface area contributed by atoms with E-state index < -0.39 is 6.09 Å². The fourth-order valence-corrected chi connectivity index (χ4v) is 3.15. The molecular weight excluding hydrogens is 301 g/mol. The molecule has 20 heavy (non-hydrogen) atoms. The van der Waals surface area contributed by atoms with Crippen molar-refractivity contribution in [2.75, 3.05) is 19.7 Å². The predicted molar refractivity (Wildman–Crippen MR) is 76.7 cm³/mol. The first-order chi connectivity index (χ1) is 9.50. The zero-order valence-electron chi connectivity index (χ0n) is 10.8. The third-order valence-corrected chi connectivity index (χ3v) is 4.62. The highest BCUT2D eigenvalue weighted by Crippen LogP contribution is 2.51. The molecule has 1 aliphatic carbocycles. The highest BCUT2D eigenvalue weighted by Gasteiger charge is 2.47. The van der Waals surface area contributed by atoms with Gasteiger partial charge in [-0.1, -0.05) is 29.3 Å². The van der Waals surface area contributed by atoms with Crippen LogP contribution in [0.3, 0.4) is 0 Å². The van der Waals surface area contributed by atoms with Gasteiger partial charge >= 0.3 is 6.09 Å². The molecule has 0 atom stereocenters. The number of carbonyl (C=O) groups is 1. The van der Waals surface area contributed by atoms with Gasteiger partial charge in [0, 0.05) is 15.5 Å². The number of amides is 1. The van der Waals surface area contributed by atoms with E-state index in [9.17, 15) is 4.79 Å². The van der Waals surface area contributed by atoms with Gasteiger partial charge in [-0.25, -0.2) is 4.79 Å². The van der Waals surface area contributed by atoms with Crippen LogP contribution < -0.4 is 0 Å². The third kappa shape index (κ3) is 2.60. The summed E-state index contributed by atoms with van der Waals surface area (Å²) < 4.78 is 5.83. The molecule has 1 heterocycles. The Morgan fingerprint density at radius 2 is 2.10 bits per heavy atom. The molecule has 1 aromatic rings. The minimum absolute atomic E-state index is 0.00862. The highest BCUT2D eigenvalue weighted by atomic mass is 35.5. The average molecular weight is 316 g/mol. The maximum absolute atomic E-state index is 10.7. The standard InChI is InChI=1S/C14H15Cl2NO3/c15-9-1-2-11(12(16)5-9)14(3-4-14)8-20-10-6-17(7-10)13(18)19/h1-2,5,10H,3-4,6-8H2,(H,18,19). The summed E-state index contributed by atoms with van der Waals surface area (Å²) in [6, 6.07) is 5.57. The second-order valence-corrected chi connectivity index (χ2v) is 6.37. The summed E-state index contributed by atoms with van der Waals surface area (Å²) in [6.07, 6.45) is 1.22. The second-order valence-electron chi connectivity index (χ2n) is 5.53. The number of ether oxygens (including phenoxy) is 1. The SMILES string of the molecule is O=C(O)N1CC(OCC2(c3ccc(Cl)cc3Cl)CC2)C1. The van der Waals surface area contributed by atoms with Crippen molar-refractivity contribution in [3.05, 3.63) is 33.8 Å². The van der Waals surface area contributed by atoms with Crippen LogP contribution >= 0.6 is 23.2 Å². The lowest BCUT2D eigenvalue weighted by Gasteiger charge is -2.37. The number of hydrogen-bond donors (Lipinski definition) is 1. The van der Waals surface area contributed by atoms with Crippen LogP contribution in [0.2, 0.25) is 10.0 Å². The molecule has 0 unspecified atom stereocenters. The van der Waals surface area contributed by atoms with Gasteiger partial charge in [-0.05, 0) is 30.5 Å². The van der Waals surface area contributed by atoms with Crippen LogP contribution in [-0.4, -0.2) is 41.9 Å². The van der Waals surface area contributed by atoms with Crippen molar-refractivity contribution in [2.24, 2.45) is 0 Å². The van der Waals surface area contributed by atoms with Gasteiger partial charge in [-0.3, -0.25) is 0 Å². The van der Waals surface area contributed by atoms with Crippen LogP contribution in [0.5, 0.6) is 0 Å². The van der Waals surface area contributed by atoms with E-state index in [-0.39, 0.29) is 11.5 Å². The number of hydrogen-bond acceptors (Lipinski definition) is 2. The molecule has 108 valence electrons. The third-order valence-electron chi connectivity index (χ3n) is 4.07. The largest absolute Gasteiger partial charge is 0.465 e. The van der Waals surface area contributed by atoms with Gasteiger partial charge in [0.1, 0.15) is 0 Å². The Bertz CT molecular complexity index is 539. The summed E-state index contributed by atoms with van der Waals surface area (Å²) >= 11 is 12.2. The smallest absolute Gasteiger partial charge is 0.407 e. The van der Waals surface area contributed by atoms with E-state index in [1.807, 2.05) is 12.1 Å². The van der Waals surface area contributed by atoms with Crippen LogP contribution in [-0.2, 0) is 10.2 Å². The van der Waals surface area contributed by atoms with E-state index in [1.54, 1.807) is 6.07 Å². The minimum Gasteiger partial charge on any atom is -0.465 e. The summed E-state index contributed by atoms with van der Waals surface area (Å²) in [5.74, 6) is 0. The maximum Gasteiger partial charge on any atom is 0.407 e. The summed E-state index contributed by atoms with van der Waals surface area (Å²) in [4.78, 5) is 12.0. The fourth-order valence-electron chi connectivity index (χ4n) is 2.54.